The van der Waals surface area contributed by atoms with Crippen molar-refractivity contribution in [1.82, 2.24) is 0 Å². The molecule has 0 spiro atoms. The molecule has 0 unspecified atom stereocenters. The average molecular weight is 331 g/mol. The van der Waals surface area contributed by atoms with Crippen molar-refractivity contribution in [3.05, 3.63) is 29.3 Å². The SMILES string of the molecule is COCCC1(C(=O)N2CCCc3ccc(CC(=O)O)cc32)CCC1. The molecule has 1 N–H and O–H groups in total. The van der Waals surface area contributed by atoms with E-state index in [1.807, 2.05) is 23.1 Å². The van der Waals surface area contributed by atoms with E-state index in [4.69, 9.17) is 9.84 Å². The van der Waals surface area contributed by atoms with E-state index >= 15 is 0 Å². The zero-order valence-corrected chi connectivity index (χ0v) is 14.2. The maximum absolute atomic E-state index is 13.3. The van der Waals surface area contributed by atoms with Crippen LogP contribution in [0.5, 0.6) is 0 Å². The predicted molar refractivity (Wildman–Crippen MR) is 91.2 cm³/mol. The molecule has 1 saturated carbocycles. The molecule has 0 radical (unpaired) electrons. The van der Waals surface area contributed by atoms with Crippen LogP contribution in [-0.2, 0) is 27.2 Å². The van der Waals surface area contributed by atoms with Crippen molar-refractivity contribution in [2.24, 2.45) is 5.41 Å². The van der Waals surface area contributed by atoms with Gasteiger partial charge in [0.2, 0.25) is 5.91 Å². The third kappa shape index (κ3) is 3.18. The van der Waals surface area contributed by atoms with Crippen LogP contribution in [0, 0.1) is 5.41 Å². The third-order valence-corrected chi connectivity index (χ3v) is 5.42. The highest BCUT2D eigenvalue weighted by Gasteiger charge is 2.46. The number of methoxy groups -OCH3 is 1. The molecule has 0 atom stereocenters. The van der Waals surface area contributed by atoms with Crippen molar-refractivity contribution in [1.29, 1.82) is 0 Å². The van der Waals surface area contributed by atoms with Crippen molar-refractivity contribution < 1.29 is 19.4 Å². The molecule has 1 aliphatic carbocycles. The van der Waals surface area contributed by atoms with Gasteiger partial charge in [0.25, 0.3) is 0 Å². The number of hydrogen-bond donors (Lipinski definition) is 1. The second-order valence-electron chi connectivity index (χ2n) is 6.97. The maximum Gasteiger partial charge on any atom is 0.307 e. The van der Waals surface area contributed by atoms with Gasteiger partial charge in [-0.05, 0) is 49.3 Å². The fraction of sp³-hybridized carbons (Fsp3) is 0.579. The van der Waals surface area contributed by atoms with Crippen LogP contribution in [0.3, 0.4) is 0 Å². The van der Waals surface area contributed by atoms with Gasteiger partial charge in [0.05, 0.1) is 11.8 Å². The Labute approximate surface area is 142 Å². The van der Waals surface area contributed by atoms with E-state index in [2.05, 4.69) is 0 Å². The number of carboxylic acid groups (broad SMARTS) is 1. The number of aliphatic carboxylic acids is 1. The standard InChI is InChI=1S/C19H25NO4/c1-24-11-9-19(7-3-8-19)18(23)20-10-2-4-15-6-5-14(12-16(15)20)13-17(21)22/h5-6,12H,2-4,7-11,13H2,1H3,(H,21,22). The van der Waals surface area contributed by atoms with Gasteiger partial charge >= 0.3 is 5.97 Å². The number of benzene rings is 1. The number of ether oxygens (including phenoxy) is 1. The van der Waals surface area contributed by atoms with E-state index in [0.29, 0.717) is 6.61 Å². The summed E-state index contributed by atoms with van der Waals surface area (Å²) in [4.78, 5) is 26.2. The van der Waals surface area contributed by atoms with Crippen LogP contribution in [0.15, 0.2) is 18.2 Å². The van der Waals surface area contributed by atoms with Gasteiger partial charge in [-0.1, -0.05) is 18.6 Å². The fourth-order valence-electron chi connectivity index (χ4n) is 3.87. The Morgan fingerprint density at radius 2 is 2.08 bits per heavy atom. The normalized spacial score (nSPS) is 18.6. The molecule has 130 valence electrons. The van der Waals surface area contributed by atoms with Crippen molar-refractivity contribution in [2.75, 3.05) is 25.2 Å². The van der Waals surface area contributed by atoms with Gasteiger partial charge in [0.15, 0.2) is 0 Å². The first-order valence-corrected chi connectivity index (χ1v) is 8.70. The molecule has 1 aromatic rings. The predicted octanol–water partition coefficient (Wildman–Crippen LogP) is 2.80. The highest BCUT2D eigenvalue weighted by molar-refractivity contribution is 5.99. The van der Waals surface area contributed by atoms with E-state index < -0.39 is 5.97 Å². The monoisotopic (exact) mass is 331 g/mol. The lowest BCUT2D eigenvalue weighted by atomic mass is 9.65. The number of amides is 1. The Morgan fingerprint density at radius 3 is 2.71 bits per heavy atom. The zero-order chi connectivity index (χ0) is 17.2. The smallest absolute Gasteiger partial charge is 0.307 e. The molecule has 2 aliphatic rings. The first-order valence-electron chi connectivity index (χ1n) is 8.70. The van der Waals surface area contributed by atoms with Gasteiger partial charge in [0, 0.05) is 25.9 Å². The summed E-state index contributed by atoms with van der Waals surface area (Å²) in [5.41, 5.74) is 2.52. The highest BCUT2D eigenvalue weighted by Crippen LogP contribution is 2.47. The Hall–Kier alpha value is -1.88. The molecule has 1 fully saturated rings. The first kappa shape index (κ1) is 17.0. The highest BCUT2D eigenvalue weighted by atomic mass is 16.5. The number of rotatable bonds is 6. The summed E-state index contributed by atoms with van der Waals surface area (Å²) in [5.74, 6) is -0.654. The minimum absolute atomic E-state index is 0.00979. The van der Waals surface area contributed by atoms with Crippen LogP contribution in [-0.4, -0.2) is 37.2 Å². The summed E-state index contributed by atoms with van der Waals surface area (Å²) in [6.45, 7) is 1.32. The summed E-state index contributed by atoms with van der Waals surface area (Å²) < 4.78 is 5.21. The minimum Gasteiger partial charge on any atom is -0.481 e. The molecular formula is C19H25NO4. The van der Waals surface area contributed by atoms with E-state index in [1.165, 1.54) is 0 Å². The van der Waals surface area contributed by atoms with Crippen LogP contribution in [0.4, 0.5) is 5.69 Å². The molecule has 1 aliphatic heterocycles. The second-order valence-corrected chi connectivity index (χ2v) is 6.97. The van der Waals surface area contributed by atoms with E-state index in [-0.39, 0.29) is 17.7 Å². The lowest BCUT2D eigenvalue weighted by molar-refractivity contribution is -0.136. The van der Waals surface area contributed by atoms with Crippen LogP contribution < -0.4 is 4.90 Å². The Balaban J connectivity index is 1.87. The Kier molecular flexibility index (Phi) is 4.90. The Morgan fingerprint density at radius 1 is 1.29 bits per heavy atom. The van der Waals surface area contributed by atoms with Gasteiger partial charge in [-0.2, -0.15) is 0 Å². The van der Waals surface area contributed by atoms with Crippen LogP contribution in [0.1, 0.15) is 43.2 Å². The van der Waals surface area contributed by atoms with E-state index in [9.17, 15) is 9.59 Å². The molecule has 3 rings (SSSR count). The lowest BCUT2D eigenvalue weighted by Gasteiger charge is -2.45. The average Bonchev–Trinajstić information content (AvgIpc) is 2.52. The van der Waals surface area contributed by atoms with E-state index in [1.54, 1.807) is 7.11 Å². The number of hydrogen-bond acceptors (Lipinski definition) is 3. The molecule has 0 bridgehead atoms. The summed E-state index contributed by atoms with van der Waals surface area (Å²) in [7, 11) is 1.67. The fourth-order valence-corrected chi connectivity index (χ4v) is 3.87. The van der Waals surface area contributed by atoms with Gasteiger partial charge in [-0.15, -0.1) is 0 Å². The molecule has 1 aromatic carbocycles. The van der Waals surface area contributed by atoms with Crippen molar-refractivity contribution in [3.8, 4) is 0 Å². The second kappa shape index (κ2) is 6.93. The van der Waals surface area contributed by atoms with E-state index in [0.717, 1.165) is 61.9 Å². The molecule has 24 heavy (non-hydrogen) atoms. The number of aryl methyl sites for hydroxylation is 1. The van der Waals surface area contributed by atoms with Gasteiger partial charge in [-0.3, -0.25) is 9.59 Å². The number of fused-ring (bicyclic) bond motifs is 1. The summed E-state index contributed by atoms with van der Waals surface area (Å²) in [6, 6.07) is 5.74. The first-order chi connectivity index (χ1) is 11.6. The number of carbonyl (C=O) groups excluding carboxylic acids is 1. The number of nitrogens with zero attached hydrogens (tertiary/aromatic N) is 1. The molecule has 1 heterocycles. The van der Waals surface area contributed by atoms with Gasteiger partial charge in [0.1, 0.15) is 0 Å². The van der Waals surface area contributed by atoms with Crippen molar-refractivity contribution >= 4 is 17.6 Å². The molecule has 5 nitrogen and oxygen atoms in total. The molecule has 0 saturated heterocycles. The number of carbonyl (C=O) groups is 2. The van der Waals surface area contributed by atoms with Gasteiger partial charge in [-0.25, -0.2) is 0 Å². The lowest BCUT2D eigenvalue weighted by Crippen LogP contribution is -2.50. The number of carboxylic acids is 1. The van der Waals surface area contributed by atoms with Crippen molar-refractivity contribution in [2.45, 2.75) is 44.9 Å². The van der Waals surface area contributed by atoms with Crippen LogP contribution in [0.2, 0.25) is 0 Å². The zero-order valence-electron chi connectivity index (χ0n) is 14.2. The number of anilines is 1. The summed E-state index contributed by atoms with van der Waals surface area (Å²) in [5, 5.41) is 9.03. The summed E-state index contributed by atoms with van der Waals surface area (Å²) in [6.07, 6.45) is 5.60. The molecule has 1 amide bonds. The minimum atomic E-state index is -0.848. The largest absolute Gasteiger partial charge is 0.481 e. The molecule has 5 heteroatoms. The van der Waals surface area contributed by atoms with Crippen LogP contribution >= 0.6 is 0 Å². The quantitative estimate of drug-likeness (QED) is 0.870. The van der Waals surface area contributed by atoms with Crippen LogP contribution in [0.25, 0.3) is 0 Å². The molecular weight excluding hydrogens is 306 g/mol. The topological polar surface area (TPSA) is 66.8 Å². The maximum atomic E-state index is 13.3. The van der Waals surface area contributed by atoms with Crippen molar-refractivity contribution in [3.63, 3.8) is 0 Å². The third-order valence-electron chi connectivity index (χ3n) is 5.42. The Bertz CT molecular complexity index is 636. The summed E-state index contributed by atoms with van der Waals surface area (Å²) >= 11 is 0. The molecule has 0 aromatic heterocycles. The van der Waals surface area contributed by atoms with Gasteiger partial charge < -0.3 is 14.7 Å².